The maximum Gasteiger partial charge on any atom is 0.0963 e. The zero-order chi connectivity index (χ0) is 12.9. The summed E-state index contributed by atoms with van der Waals surface area (Å²) in [6, 6.07) is 0. The van der Waals surface area contributed by atoms with Gasteiger partial charge in [0.25, 0.3) is 0 Å². The fraction of sp³-hybridized carbons (Fsp3) is 0.923. The quantitative estimate of drug-likeness (QED) is 0.544. The van der Waals surface area contributed by atoms with Crippen LogP contribution in [-0.4, -0.2) is 54.9 Å². The van der Waals surface area contributed by atoms with Gasteiger partial charge in [0.15, 0.2) is 0 Å². The van der Waals surface area contributed by atoms with Crippen molar-refractivity contribution < 1.29 is 0 Å². The second-order valence-corrected chi connectivity index (χ2v) is 5.73. The molecule has 0 unspecified atom stereocenters. The Labute approximate surface area is 106 Å². The maximum absolute atomic E-state index is 7.55. The maximum atomic E-state index is 7.55. The third kappa shape index (κ3) is 4.64. The SMILES string of the molecule is CCCN1CCN(CCC(C)(C)C(=N)N)CC1. The number of hydrogen-bond acceptors (Lipinski definition) is 3. The first kappa shape index (κ1) is 14.5. The van der Waals surface area contributed by atoms with Gasteiger partial charge in [0, 0.05) is 31.6 Å². The highest BCUT2D eigenvalue weighted by atomic mass is 15.3. The second-order valence-electron chi connectivity index (χ2n) is 5.73. The van der Waals surface area contributed by atoms with Crippen LogP contribution in [0.2, 0.25) is 0 Å². The van der Waals surface area contributed by atoms with E-state index in [9.17, 15) is 0 Å². The molecule has 0 spiro atoms. The van der Waals surface area contributed by atoms with Gasteiger partial charge in [-0.25, -0.2) is 0 Å². The smallest absolute Gasteiger partial charge is 0.0963 e. The minimum absolute atomic E-state index is 0.152. The predicted octanol–water partition coefficient (Wildman–Crippen LogP) is 1.37. The van der Waals surface area contributed by atoms with Gasteiger partial charge in [-0.3, -0.25) is 5.41 Å². The molecular formula is C13H28N4. The van der Waals surface area contributed by atoms with E-state index in [1.165, 1.54) is 26.1 Å². The number of amidine groups is 1. The molecule has 0 aromatic heterocycles. The van der Waals surface area contributed by atoms with Crippen LogP contribution in [0.15, 0.2) is 0 Å². The number of nitrogens with two attached hydrogens (primary N) is 1. The highest BCUT2D eigenvalue weighted by molar-refractivity contribution is 5.82. The molecule has 4 nitrogen and oxygen atoms in total. The van der Waals surface area contributed by atoms with E-state index >= 15 is 0 Å². The van der Waals surface area contributed by atoms with Crippen molar-refractivity contribution in [1.29, 1.82) is 5.41 Å². The summed E-state index contributed by atoms with van der Waals surface area (Å²) >= 11 is 0. The van der Waals surface area contributed by atoms with E-state index in [1.807, 2.05) is 0 Å². The van der Waals surface area contributed by atoms with E-state index in [2.05, 4.69) is 30.6 Å². The van der Waals surface area contributed by atoms with Gasteiger partial charge >= 0.3 is 0 Å². The van der Waals surface area contributed by atoms with Gasteiger partial charge in [-0.1, -0.05) is 20.8 Å². The molecule has 17 heavy (non-hydrogen) atoms. The van der Waals surface area contributed by atoms with E-state index in [4.69, 9.17) is 11.1 Å². The number of nitrogens with one attached hydrogen (secondary N) is 1. The van der Waals surface area contributed by atoms with Gasteiger partial charge in [-0.2, -0.15) is 0 Å². The number of piperazine rings is 1. The first-order chi connectivity index (χ1) is 7.95. The summed E-state index contributed by atoms with van der Waals surface area (Å²) in [5.41, 5.74) is 5.45. The average Bonchev–Trinajstić information content (AvgIpc) is 2.28. The van der Waals surface area contributed by atoms with Crippen molar-refractivity contribution >= 4 is 5.84 Å². The molecule has 4 heteroatoms. The normalized spacial score (nSPS) is 19.5. The van der Waals surface area contributed by atoms with Gasteiger partial charge < -0.3 is 15.5 Å². The van der Waals surface area contributed by atoms with Gasteiger partial charge in [0.1, 0.15) is 0 Å². The molecule has 1 saturated heterocycles. The first-order valence-corrected chi connectivity index (χ1v) is 6.75. The Morgan fingerprint density at radius 1 is 1.12 bits per heavy atom. The van der Waals surface area contributed by atoms with Crippen LogP contribution in [0.5, 0.6) is 0 Å². The van der Waals surface area contributed by atoms with Crippen molar-refractivity contribution in [3.8, 4) is 0 Å². The van der Waals surface area contributed by atoms with E-state index < -0.39 is 0 Å². The lowest BCUT2D eigenvalue weighted by molar-refractivity contribution is 0.125. The van der Waals surface area contributed by atoms with Crippen molar-refractivity contribution in [3.05, 3.63) is 0 Å². The molecule has 1 rings (SSSR count). The third-order valence-electron chi connectivity index (χ3n) is 3.79. The minimum Gasteiger partial charge on any atom is -0.387 e. The highest BCUT2D eigenvalue weighted by Gasteiger charge is 2.23. The molecule has 0 amide bonds. The molecule has 0 radical (unpaired) electrons. The highest BCUT2D eigenvalue weighted by Crippen LogP contribution is 2.20. The van der Waals surface area contributed by atoms with Crippen molar-refractivity contribution in [2.75, 3.05) is 39.3 Å². The molecule has 0 aromatic rings. The fourth-order valence-corrected chi connectivity index (χ4v) is 2.13. The van der Waals surface area contributed by atoms with Crippen LogP contribution in [0.25, 0.3) is 0 Å². The molecule has 0 saturated carbocycles. The largest absolute Gasteiger partial charge is 0.387 e. The fourth-order valence-electron chi connectivity index (χ4n) is 2.13. The van der Waals surface area contributed by atoms with Crippen molar-refractivity contribution in [2.45, 2.75) is 33.6 Å². The summed E-state index contributed by atoms with van der Waals surface area (Å²) in [6.07, 6.45) is 2.23. The second kappa shape index (κ2) is 6.36. The standard InChI is InChI=1S/C13H28N4/c1-4-6-16-8-10-17(11-9-16)7-5-13(2,3)12(14)15/h4-11H2,1-3H3,(H3,14,15). The van der Waals surface area contributed by atoms with Crippen LogP contribution < -0.4 is 5.73 Å². The molecule has 0 aliphatic carbocycles. The van der Waals surface area contributed by atoms with Crippen LogP contribution in [-0.2, 0) is 0 Å². The topological polar surface area (TPSA) is 56.4 Å². The van der Waals surface area contributed by atoms with Crippen LogP contribution >= 0.6 is 0 Å². The van der Waals surface area contributed by atoms with Gasteiger partial charge in [-0.05, 0) is 25.9 Å². The van der Waals surface area contributed by atoms with E-state index in [0.717, 1.165) is 26.1 Å². The lowest BCUT2D eigenvalue weighted by Crippen LogP contribution is -2.47. The van der Waals surface area contributed by atoms with Gasteiger partial charge in [-0.15, -0.1) is 0 Å². The molecule has 3 N–H and O–H groups in total. The van der Waals surface area contributed by atoms with Crippen LogP contribution in [0.3, 0.4) is 0 Å². The van der Waals surface area contributed by atoms with Gasteiger partial charge in [0.2, 0.25) is 0 Å². The summed E-state index contributed by atoms with van der Waals surface area (Å²) in [5, 5.41) is 7.55. The minimum atomic E-state index is -0.152. The molecule has 1 fully saturated rings. The predicted molar refractivity (Wildman–Crippen MR) is 73.5 cm³/mol. The molecule has 1 heterocycles. The van der Waals surface area contributed by atoms with Gasteiger partial charge in [0.05, 0.1) is 5.84 Å². The van der Waals surface area contributed by atoms with E-state index in [-0.39, 0.29) is 5.41 Å². The van der Waals surface area contributed by atoms with Crippen LogP contribution in [0.4, 0.5) is 0 Å². The number of nitrogens with zero attached hydrogens (tertiary/aromatic N) is 2. The summed E-state index contributed by atoms with van der Waals surface area (Å²) in [7, 11) is 0. The number of rotatable bonds is 6. The molecular weight excluding hydrogens is 212 g/mol. The zero-order valence-electron chi connectivity index (χ0n) is 11.6. The first-order valence-electron chi connectivity index (χ1n) is 6.75. The summed E-state index contributed by atoms with van der Waals surface area (Å²) in [4.78, 5) is 5.03. The Kier molecular flexibility index (Phi) is 5.40. The summed E-state index contributed by atoms with van der Waals surface area (Å²) < 4.78 is 0. The van der Waals surface area contributed by atoms with E-state index in [1.54, 1.807) is 0 Å². The Hall–Kier alpha value is -0.610. The molecule has 0 aromatic carbocycles. The summed E-state index contributed by atoms with van der Waals surface area (Å²) in [5.74, 6) is 0.308. The molecule has 1 aliphatic rings. The Morgan fingerprint density at radius 3 is 2.00 bits per heavy atom. The summed E-state index contributed by atoms with van der Waals surface area (Å²) in [6.45, 7) is 13.3. The lowest BCUT2D eigenvalue weighted by atomic mass is 9.88. The van der Waals surface area contributed by atoms with Crippen molar-refractivity contribution in [1.82, 2.24) is 9.80 Å². The average molecular weight is 240 g/mol. The third-order valence-corrected chi connectivity index (χ3v) is 3.79. The molecule has 1 aliphatic heterocycles. The van der Waals surface area contributed by atoms with Crippen LogP contribution in [0, 0.1) is 10.8 Å². The molecule has 0 bridgehead atoms. The van der Waals surface area contributed by atoms with Crippen LogP contribution in [0.1, 0.15) is 33.6 Å². The molecule has 0 atom stereocenters. The van der Waals surface area contributed by atoms with Crippen molar-refractivity contribution in [2.24, 2.45) is 11.1 Å². The lowest BCUT2D eigenvalue weighted by Gasteiger charge is -2.36. The number of hydrogen-bond donors (Lipinski definition) is 2. The zero-order valence-corrected chi connectivity index (χ0v) is 11.6. The Balaban J connectivity index is 2.25. The Morgan fingerprint density at radius 2 is 1.59 bits per heavy atom. The monoisotopic (exact) mass is 240 g/mol. The van der Waals surface area contributed by atoms with Crippen molar-refractivity contribution in [3.63, 3.8) is 0 Å². The van der Waals surface area contributed by atoms with E-state index in [0.29, 0.717) is 5.84 Å². The molecule has 100 valence electrons. The Bertz CT molecular complexity index is 242.